The molecule has 0 rings (SSSR count). The van der Waals surface area contributed by atoms with Crippen LogP contribution in [0.1, 0.15) is 0 Å². The Balaban J connectivity index is -0.0000000267. The van der Waals surface area contributed by atoms with Crippen molar-refractivity contribution >= 4 is 30.9 Å². The van der Waals surface area contributed by atoms with Crippen LogP contribution < -0.4 is 14.7 Å². The third kappa shape index (κ3) is 162. The molecule has 1 N–H and O–H groups in total. The van der Waals surface area contributed by atoms with Crippen LogP contribution in [0, 0.1) is 0 Å². The van der Waals surface area contributed by atoms with E-state index < -0.39 is 7.82 Å². The molecule has 0 spiro atoms. The van der Waals surface area contributed by atoms with Crippen LogP contribution in [0.3, 0.4) is 0 Å². The molecule has 0 fully saturated rings. The van der Waals surface area contributed by atoms with Gasteiger partial charge in [0, 0.05) is 0 Å². The molecule has 1 radical (unpaired) electrons. The standard InChI is InChI=1S/Cu.Mg.H3O4P.H2O/c;;1-5(2,3)4;/h;;(H3,1,2,3,4);1H2/q2*+2;;/p-4. The van der Waals surface area contributed by atoms with Crippen molar-refractivity contribution in [1.82, 2.24) is 0 Å². The van der Waals surface area contributed by atoms with Crippen LogP contribution >= 0.6 is 7.82 Å². The molecule has 5 nitrogen and oxygen atoms in total. The number of phosphoric acid groups is 1. The Bertz CT molecular complexity index is 58.6. The van der Waals surface area contributed by atoms with E-state index in [1.807, 2.05) is 0 Å². The van der Waals surface area contributed by atoms with Crippen LogP contribution in [-0.2, 0) is 21.6 Å². The van der Waals surface area contributed by atoms with E-state index in [2.05, 4.69) is 0 Å². The first-order valence-corrected chi connectivity index (χ1v) is 2.19. The van der Waals surface area contributed by atoms with E-state index in [0.717, 1.165) is 0 Å². The zero-order valence-electron chi connectivity index (χ0n) is 3.54. The van der Waals surface area contributed by atoms with E-state index >= 15 is 0 Å². The molecule has 0 aromatic rings. The monoisotopic (exact) mass is 199 g/mol. The van der Waals surface area contributed by atoms with E-state index in [-0.39, 0.29) is 45.6 Å². The van der Waals surface area contributed by atoms with Gasteiger partial charge < -0.3 is 24.7 Å². The maximum Gasteiger partial charge on any atom is 2.00 e. The molecule has 0 aromatic heterocycles. The molecule has 0 atom stereocenters. The molecule has 0 bridgehead atoms. The summed E-state index contributed by atoms with van der Waals surface area (Å²) in [6.07, 6.45) is 0. The molecule has 0 unspecified atom stereocenters. The van der Waals surface area contributed by atoms with Crippen molar-refractivity contribution in [3.63, 3.8) is 0 Å². The van der Waals surface area contributed by atoms with Crippen LogP contribution in [0.25, 0.3) is 0 Å². The topological polar surface area (TPSA) is 116 Å². The molecule has 0 heterocycles. The van der Waals surface area contributed by atoms with Crippen LogP contribution in [0.5, 0.6) is 0 Å². The quantitative estimate of drug-likeness (QED) is 0.298. The number of hydrogen-bond acceptors (Lipinski definition) is 5. The Morgan fingerprint density at radius 3 is 1.12 bits per heavy atom. The van der Waals surface area contributed by atoms with Gasteiger partial charge in [-0.25, -0.2) is 0 Å². The smallest absolute Gasteiger partial charge is 0.870 e. The van der Waals surface area contributed by atoms with Gasteiger partial charge in [0.2, 0.25) is 0 Å². The van der Waals surface area contributed by atoms with Crippen molar-refractivity contribution < 1.29 is 41.8 Å². The van der Waals surface area contributed by atoms with Crippen molar-refractivity contribution in [2.75, 3.05) is 0 Å². The summed E-state index contributed by atoms with van der Waals surface area (Å²) >= 11 is 0. The SMILES string of the molecule is O=P([O-])([O-])[O-].[Cu+2].[Mg+2].[OH-]. The van der Waals surface area contributed by atoms with E-state index in [0.29, 0.717) is 0 Å². The Hall–Kier alpha value is 1.36. The van der Waals surface area contributed by atoms with Gasteiger partial charge in [0.15, 0.2) is 0 Å². The predicted octanol–water partition coefficient (Wildman–Crippen LogP) is -3.38. The first kappa shape index (κ1) is 22.8. The molecular weight excluding hydrogens is 199 g/mol. The van der Waals surface area contributed by atoms with Gasteiger partial charge in [0.25, 0.3) is 0 Å². The maximum atomic E-state index is 8.55. The van der Waals surface area contributed by atoms with Crippen LogP contribution in [0.15, 0.2) is 0 Å². The van der Waals surface area contributed by atoms with Gasteiger partial charge >= 0.3 is 40.1 Å². The predicted molar refractivity (Wildman–Crippen MR) is 15.3 cm³/mol. The molecule has 49 valence electrons. The second-order valence-electron chi connectivity index (χ2n) is 0.447. The molecule has 8 heteroatoms. The molecule has 0 amide bonds. The second-order valence-corrected chi connectivity index (χ2v) is 1.34. The average Bonchev–Trinajstić information content (AvgIpc) is 0.722. The Labute approximate surface area is 72.7 Å². The molecule has 0 aliphatic carbocycles. The third-order valence-electron chi connectivity index (χ3n) is 0. The normalized spacial score (nSPS) is 7.38. The minimum Gasteiger partial charge on any atom is -0.870 e. The molecule has 8 heavy (non-hydrogen) atoms. The molecule has 0 saturated heterocycles. The van der Waals surface area contributed by atoms with E-state index in [1.165, 1.54) is 0 Å². The van der Waals surface area contributed by atoms with Crippen molar-refractivity contribution in [2.45, 2.75) is 0 Å². The Kier molecular flexibility index (Phi) is 23.8. The minimum absolute atomic E-state index is 0. The first-order chi connectivity index (χ1) is 2.00. The third-order valence-corrected chi connectivity index (χ3v) is 0. The van der Waals surface area contributed by atoms with Gasteiger partial charge in [0.1, 0.15) is 0 Å². The summed E-state index contributed by atoms with van der Waals surface area (Å²) in [5.74, 6) is 0. The van der Waals surface area contributed by atoms with Gasteiger partial charge in [0.05, 0.1) is 0 Å². The Morgan fingerprint density at radius 2 is 1.12 bits per heavy atom. The molecular formula is HCuMgO5P. The number of rotatable bonds is 0. The van der Waals surface area contributed by atoms with Crippen LogP contribution in [0.2, 0.25) is 0 Å². The van der Waals surface area contributed by atoms with Crippen LogP contribution in [-0.4, -0.2) is 28.5 Å². The van der Waals surface area contributed by atoms with Gasteiger partial charge in [-0.15, -0.1) is 0 Å². The summed E-state index contributed by atoms with van der Waals surface area (Å²) in [6, 6.07) is 0. The van der Waals surface area contributed by atoms with Gasteiger partial charge in [-0.1, -0.05) is 0 Å². The van der Waals surface area contributed by atoms with Crippen molar-refractivity contribution in [3.8, 4) is 0 Å². The molecule has 0 saturated carbocycles. The zero-order chi connectivity index (χ0) is 4.50. The summed E-state index contributed by atoms with van der Waals surface area (Å²) in [5, 5.41) is 0. The van der Waals surface area contributed by atoms with Crippen molar-refractivity contribution in [2.24, 2.45) is 0 Å². The average molecular weight is 200 g/mol. The maximum absolute atomic E-state index is 8.55. The van der Waals surface area contributed by atoms with Crippen molar-refractivity contribution in [3.05, 3.63) is 0 Å². The molecule has 0 aromatic carbocycles. The summed E-state index contributed by atoms with van der Waals surface area (Å²) < 4.78 is 8.55. The minimum atomic E-state index is -5.39. The van der Waals surface area contributed by atoms with Gasteiger partial charge in [-0.2, -0.15) is 7.82 Å². The molecule has 0 aliphatic rings. The van der Waals surface area contributed by atoms with Crippen molar-refractivity contribution in [1.29, 1.82) is 0 Å². The largest absolute Gasteiger partial charge is 2.00 e. The number of hydrogen-bond donors (Lipinski definition) is 0. The fourth-order valence-corrected chi connectivity index (χ4v) is 0. The van der Waals surface area contributed by atoms with E-state index in [9.17, 15) is 0 Å². The summed E-state index contributed by atoms with van der Waals surface area (Å²) in [6.45, 7) is 0. The fraction of sp³-hybridized carbons (Fsp3) is 0. The summed E-state index contributed by atoms with van der Waals surface area (Å²) in [7, 11) is -5.39. The first-order valence-electron chi connectivity index (χ1n) is 0.730. The Morgan fingerprint density at radius 1 is 1.12 bits per heavy atom. The van der Waals surface area contributed by atoms with E-state index in [1.54, 1.807) is 0 Å². The molecule has 0 aliphatic heterocycles. The van der Waals surface area contributed by atoms with Gasteiger partial charge in [-0.05, 0) is 0 Å². The zero-order valence-corrected chi connectivity index (χ0v) is 6.79. The fourth-order valence-electron chi connectivity index (χ4n) is 0. The van der Waals surface area contributed by atoms with Gasteiger partial charge in [-0.3, -0.25) is 0 Å². The summed E-state index contributed by atoms with van der Waals surface area (Å²) in [4.78, 5) is 25.6. The van der Waals surface area contributed by atoms with E-state index in [4.69, 9.17) is 19.2 Å². The van der Waals surface area contributed by atoms with Crippen LogP contribution in [0.4, 0.5) is 0 Å². The second kappa shape index (κ2) is 8.36. The summed E-state index contributed by atoms with van der Waals surface area (Å²) in [5.41, 5.74) is 0.